The maximum absolute atomic E-state index is 9.48. The number of aliphatic hydroxyl groups is 1. The fraction of sp³-hybridized carbons (Fsp3) is 1.00. The SMILES string of the molecule is CCCCCCCCCCCCCCCCCCCC(O)CC.Cl. The maximum atomic E-state index is 9.48. The molecular formula is C22H47ClO. The molecule has 0 aliphatic carbocycles. The number of aliphatic hydroxyl groups excluding tert-OH is 1. The van der Waals surface area contributed by atoms with Crippen molar-refractivity contribution in [1.29, 1.82) is 0 Å². The largest absolute Gasteiger partial charge is 0.393 e. The fourth-order valence-corrected chi connectivity index (χ4v) is 3.31. The summed E-state index contributed by atoms with van der Waals surface area (Å²) in [6.07, 6.45) is 26.0. The van der Waals surface area contributed by atoms with Gasteiger partial charge in [0.25, 0.3) is 0 Å². The lowest BCUT2D eigenvalue weighted by Crippen LogP contribution is -2.03. The molecule has 0 aromatic rings. The molecule has 0 saturated heterocycles. The molecule has 2 heteroatoms. The van der Waals surface area contributed by atoms with Gasteiger partial charge in [0.15, 0.2) is 0 Å². The van der Waals surface area contributed by atoms with Crippen molar-refractivity contribution in [3.63, 3.8) is 0 Å². The number of halogens is 1. The van der Waals surface area contributed by atoms with Crippen molar-refractivity contribution in [2.24, 2.45) is 0 Å². The average Bonchev–Trinajstić information content (AvgIpc) is 2.57. The molecule has 0 rings (SSSR count). The van der Waals surface area contributed by atoms with E-state index in [1.54, 1.807) is 0 Å². The van der Waals surface area contributed by atoms with Gasteiger partial charge in [0.05, 0.1) is 6.10 Å². The van der Waals surface area contributed by atoms with Gasteiger partial charge in [-0.1, -0.05) is 123 Å². The quantitative estimate of drug-likeness (QED) is 0.229. The summed E-state index contributed by atoms with van der Waals surface area (Å²) in [7, 11) is 0. The van der Waals surface area contributed by atoms with Gasteiger partial charge >= 0.3 is 0 Å². The monoisotopic (exact) mass is 362 g/mol. The molecule has 0 aliphatic heterocycles. The van der Waals surface area contributed by atoms with Crippen LogP contribution in [0.15, 0.2) is 0 Å². The van der Waals surface area contributed by atoms with Crippen LogP contribution in [0.5, 0.6) is 0 Å². The van der Waals surface area contributed by atoms with Gasteiger partial charge in [0.1, 0.15) is 0 Å². The minimum Gasteiger partial charge on any atom is -0.393 e. The molecule has 0 saturated carbocycles. The van der Waals surface area contributed by atoms with E-state index in [0.717, 1.165) is 12.8 Å². The minimum absolute atomic E-state index is 0. The highest BCUT2D eigenvalue weighted by atomic mass is 35.5. The summed E-state index contributed by atoms with van der Waals surface area (Å²) in [5.74, 6) is 0. The molecule has 1 nitrogen and oxygen atoms in total. The van der Waals surface area contributed by atoms with Gasteiger partial charge in [-0.25, -0.2) is 0 Å². The zero-order chi connectivity index (χ0) is 17.0. The Morgan fingerprint density at radius 1 is 0.500 bits per heavy atom. The van der Waals surface area contributed by atoms with Gasteiger partial charge in [0, 0.05) is 0 Å². The second-order valence-corrected chi connectivity index (χ2v) is 7.51. The van der Waals surface area contributed by atoms with Gasteiger partial charge in [0.2, 0.25) is 0 Å². The fourth-order valence-electron chi connectivity index (χ4n) is 3.31. The predicted molar refractivity (Wildman–Crippen MR) is 112 cm³/mol. The molecule has 1 N–H and O–H groups in total. The Balaban J connectivity index is 0. The van der Waals surface area contributed by atoms with E-state index in [2.05, 4.69) is 13.8 Å². The third-order valence-electron chi connectivity index (χ3n) is 5.11. The molecule has 0 bridgehead atoms. The Morgan fingerprint density at radius 2 is 0.792 bits per heavy atom. The van der Waals surface area contributed by atoms with Crippen molar-refractivity contribution >= 4 is 12.4 Å². The summed E-state index contributed by atoms with van der Waals surface area (Å²) in [6, 6.07) is 0. The van der Waals surface area contributed by atoms with Crippen LogP contribution in [-0.2, 0) is 0 Å². The first-order valence-corrected chi connectivity index (χ1v) is 11.0. The van der Waals surface area contributed by atoms with E-state index >= 15 is 0 Å². The first-order chi connectivity index (χ1) is 11.3. The van der Waals surface area contributed by atoms with E-state index in [1.807, 2.05) is 0 Å². The van der Waals surface area contributed by atoms with E-state index < -0.39 is 0 Å². The van der Waals surface area contributed by atoms with Gasteiger partial charge < -0.3 is 5.11 Å². The van der Waals surface area contributed by atoms with Gasteiger partial charge in [-0.15, -0.1) is 12.4 Å². The lowest BCUT2D eigenvalue weighted by atomic mass is 10.0. The van der Waals surface area contributed by atoms with Crippen LogP contribution >= 0.6 is 12.4 Å². The van der Waals surface area contributed by atoms with E-state index in [-0.39, 0.29) is 18.5 Å². The van der Waals surface area contributed by atoms with Crippen LogP contribution in [0.1, 0.15) is 136 Å². The van der Waals surface area contributed by atoms with Crippen LogP contribution in [-0.4, -0.2) is 11.2 Å². The lowest BCUT2D eigenvalue weighted by molar-refractivity contribution is 0.156. The topological polar surface area (TPSA) is 20.2 Å². The first kappa shape index (κ1) is 26.5. The van der Waals surface area contributed by atoms with Crippen molar-refractivity contribution in [1.82, 2.24) is 0 Å². The molecule has 0 aromatic heterocycles. The van der Waals surface area contributed by atoms with Gasteiger partial charge in [-0.3, -0.25) is 0 Å². The Bertz CT molecular complexity index is 208. The third kappa shape index (κ3) is 22.2. The van der Waals surface area contributed by atoms with E-state index in [4.69, 9.17) is 0 Å². The van der Waals surface area contributed by atoms with Crippen LogP contribution < -0.4 is 0 Å². The van der Waals surface area contributed by atoms with Crippen molar-refractivity contribution in [3.05, 3.63) is 0 Å². The zero-order valence-corrected chi connectivity index (χ0v) is 17.7. The molecule has 148 valence electrons. The zero-order valence-electron chi connectivity index (χ0n) is 16.9. The summed E-state index contributed by atoms with van der Waals surface area (Å²) in [5.41, 5.74) is 0. The molecule has 0 fully saturated rings. The Hall–Kier alpha value is 0.250. The molecule has 0 spiro atoms. The summed E-state index contributed by atoms with van der Waals surface area (Å²) < 4.78 is 0. The van der Waals surface area contributed by atoms with E-state index in [1.165, 1.54) is 109 Å². The number of rotatable bonds is 19. The van der Waals surface area contributed by atoms with Crippen LogP contribution in [0.3, 0.4) is 0 Å². The van der Waals surface area contributed by atoms with Crippen LogP contribution in [0.25, 0.3) is 0 Å². The summed E-state index contributed by atoms with van der Waals surface area (Å²) in [6.45, 7) is 4.36. The van der Waals surface area contributed by atoms with Crippen molar-refractivity contribution in [3.8, 4) is 0 Å². The highest BCUT2D eigenvalue weighted by molar-refractivity contribution is 5.85. The van der Waals surface area contributed by atoms with Crippen molar-refractivity contribution < 1.29 is 5.11 Å². The molecule has 24 heavy (non-hydrogen) atoms. The molecule has 0 heterocycles. The molecule has 0 radical (unpaired) electrons. The third-order valence-corrected chi connectivity index (χ3v) is 5.11. The standard InChI is InChI=1S/C22H46O.ClH/c1-3-5-6-7-8-9-10-11-12-13-14-15-16-17-18-19-20-21-22(23)4-2;/h22-23H,3-21H2,1-2H3;1H. The Kier molecular flexibility index (Phi) is 25.7. The summed E-state index contributed by atoms with van der Waals surface area (Å²) >= 11 is 0. The average molecular weight is 363 g/mol. The molecular weight excluding hydrogens is 316 g/mol. The van der Waals surface area contributed by atoms with Gasteiger partial charge in [-0.2, -0.15) is 0 Å². The highest BCUT2D eigenvalue weighted by Gasteiger charge is 1.99. The van der Waals surface area contributed by atoms with Gasteiger partial charge in [-0.05, 0) is 12.8 Å². The first-order valence-electron chi connectivity index (χ1n) is 11.0. The molecule has 0 amide bonds. The van der Waals surface area contributed by atoms with Crippen LogP contribution in [0.2, 0.25) is 0 Å². The maximum Gasteiger partial charge on any atom is 0.0537 e. The molecule has 0 aromatic carbocycles. The smallest absolute Gasteiger partial charge is 0.0537 e. The van der Waals surface area contributed by atoms with Crippen molar-refractivity contribution in [2.75, 3.05) is 0 Å². The Morgan fingerprint density at radius 3 is 1.08 bits per heavy atom. The van der Waals surface area contributed by atoms with E-state index in [9.17, 15) is 5.11 Å². The summed E-state index contributed by atoms with van der Waals surface area (Å²) in [4.78, 5) is 0. The second-order valence-electron chi connectivity index (χ2n) is 7.51. The van der Waals surface area contributed by atoms with Crippen molar-refractivity contribution in [2.45, 2.75) is 142 Å². The van der Waals surface area contributed by atoms with E-state index in [0.29, 0.717) is 0 Å². The number of hydrogen-bond acceptors (Lipinski definition) is 1. The minimum atomic E-state index is -0.0497. The molecule has 1 atom stereocenters. The predicted octanol–water partition coefficient (Wildman–Crippen LogP) is 8.22. The molecule has 1 unspecified atom stereocenters. The lowest BCUT2D eigenvalue weighted by Gasteiger charge is -2.06. The number of hydrogen-bond donors (Lipinski definition) is 1. The van der Waals surface area contributed by atoms with Crippen LogP contribution in [0.4, 0.5) is 0 Å². The molecule has 0 aliphatic rings. The summed E-state index contributed by atoms with van der Waals surface area (Å²) in [5, 5.41) is 9.48. The van der Waals surface area contributed by atoms with Crippen LogP contribution in [0, 0.1) is 0 Å². The second kappa shape index (κ2) is 23.2. The normalized spacial score (nSPS) is 12.1. The number of unbranched alkanes of at least 4 members (excludes halogenated alkanes) is 16. The highest BCUT2D eigenvalue weighted by Crippen LogP contribution is 2.14. The Labute approximate surface area is 159 Å².